The summed E-state index contributed by atoms with van der Waals surface area (Å²) in [6.45, 7) is 14.0. The van der Waals surface area contributed by atoms with E-state index < -0.39 is 0 Å². The molecule has 1 aromatic heterocycles. The van der Waals surface area contributed by atoms with Crippen molar-refractivity contribution in [2.24, 2.45) is 28.1 Å². The molecule has 172 valence electrons. The van der Waals surface area contributed by atoms with Crippen molar-refractivity contribution in [1.82, 2.24) is 15.1 Å². The second-order valence-electron chi connectivity index (χ2n) is 12.6. The van der Waals surface area contributed by atoms with Gasteiger partial charge in [-0.2, -0.15) is 5.10 Å². The molecule has 2 fully saturated rings. The van der Waals surface area contributed by atoms with Gasteiger partial charge in [0, 0.05) is 17.3 Å². The summed E-state index contributed by atoms with van der Waals surface area (Å²) in [5.74, 6) is 1.29. The van der Waals surface area contributed by atoms with Crippen molar-refractivity contribution in [2.45, 2.75) is 86.1 Å². The smallest absolute Gasteiger partial charge is 0.272 e. The Morgan fingerprint density at radius 2 is 1.84 bits per heavy atom. The van der Waals surface area contributed by atoms with Crippen LogP contribution in [0.4, 0.5) is 0 Å². The second-order valence-corrected chi connectivity index (χ2v) is 12.6. The van der Waals surface area contributed by atoms with Crippen molar-refractivity contribution < 1.29 is 4.79 Å². The molecule has 0 aliphatic heterocycles. The number of nitrogens with zero attached hydrogens (tertiary/aromatic N) is 2. The Balaban J connectivity index is 1.52. The van der Waals surface area contributed by atoms with E-state index in [1.165, 1.54) is 30.5 Å². The van der Waals surface area contributed by atoms with Gasteiger partial charge < -0.3 is 5.32 Å². The van der Waals surface area contributed by atoms with Crippen LogP contribution in [0.15, 0.2) is 30.3 Å². The molecule has 4 atom stereocenters. The lowest BCUT2D eigenvalue weighted by atomic mass is 9.68. The van der Waals surface area contributed by atoms with Gasteiger partial charge in [-0.25, -0.2) is 4.68 Å². The molecule has 3 aliphatic carbocycles. The summed E-state index contributed by atoms with van der Waals surface area (Å²) < 4.78 is 2.04. The molecular formula is C28H39N3O. The first-order chi connectivity index (χ1) is 15.0. The summed E-state index contributed by atoms with van der Waals surface area (Å²) in [6.07, 6.45) is 6.79. The molecule has 1 aromatic carbocycles. The van der Waals surface area contributed by atoms with Crippen molar-refractivity contribution in [2.75, 3.05) is 0 Å². The number of carbonyl (C=O) groups excluding carboxylic acids is 1. The summed E-state index contributed by atoms with van der Waals surface area (Å²) in [4.78, 5) is 13.8. The van der Waals surface area contributed by atoms with Gasteiger partial charge in [0.2, 0.25) is 0 Å². The zero-order valence-corrected chi connectivity index (χ0v) is 20.7. The number of amides is 1. The van der Waals surface area contributed by atoms with E-state index >= 15 is 0 Å². The monoisotopic (exact) mass is 433 g/mol. The Hall–Kier alpha value is -2.10. The molecule has 1 N–H and O–H groups in total. The largest absolute Gasteiger partial charge is 0.347 e. The summed E-state index contributed by atoms with van der Waals surface area (Å²) in [5, 5.41) is 8.47. The van der Waals surface area contributed by atoms with E-state index in [9.17, 15) is 4.79 Å². The van der Waals surface area contributed by atoms with Crippen molar-refractivity contribution in [3.63, 3.8) is 0 Å². The fourth-order valence-corrected chi connectivity index (χ4v) is 7.18. The summed E-state index contributed by atoms with van der Waals surface area (Å²) in [5.41, 5.74) is 4.66. The van der Waals surface area contributed by atoms with Crippen molar-refractivity contribution in [3.8, 4) is 5.69 Å². The number of hydrogen-bond donors (Lipinski definition) is 1. The fraction of sp³-hybridized carbons (Fsp3) is 0.643. The van der Waals surface area contributed by atoms with Gasteiger partial charge in [0.15, 0.2) is 5.69 Å². The zero-order valence-electron chi connectivity index (χ0n) is 20.7. The lowest BCUT2D eigenvalue weighted by Gasteiger charge is -2.43. The molecule has 4 unspecified atom stereocenters. The molecule has 2 saturated carbocycles. The van der Waals surface area contributed by atoms with Gasteiger partial charge in [-0.15, -0.1) is 0 Å². The molecule has 2 bridgehead atoms. The van der Waals surface area contributed by atoms with E-state index in [0.29, 0.717) is 17.5 Å². The lowest BCUT2D eigenvalue weighted by Crippen LogP contribution is -2.52. The molecule has 1 amide bonds. The molecule has 4 nitrogen and oxygen atoms in total. The molecule has 4 heteroatoms. The van der Waals surface area contributed by atoms with E-state index in [-0.39, 0.29) is 28.2 Å². The summed E-state index contributed by atoms with van der Waals surface area (Å²) in [6, 6.07) is 10.5. The molecular weight excluding hydrogens is 394 g/mol. The number of para-hydroxylation sites is 1. The number of carbonyl (C=O) groups is 1. The Bertz CT molecular complexity index is 1020. The van der Waals surface area contributed by atoms with E-state index in [1.807, 2.05) is 22.9 Å². The topological polar surface area (TPSA) is 46.9 Å². The third kappa shape index (κ3) is 3.33. The van der Waals surface area contributed by atoms with Gasteiger partial charge >= 0.3 is 0 Å². The van der Waals surface area contributed by atoms with Crippen LogP contribution in [0, 0.1) is 28.1 Å². The molecule has 3 aliphatic rings. The predicted octanol–water partition coefficient (Wildman–Crippen LogP) is 5.97. The van der Waals surface area contributed by atoms with Gasteiger partial charge in [0.1, 0.15) is 0 Å². The number of nitrogens with one attached hydrogen (secondary N) is 1. The second kappa shape index (κ2) is 7.20. The number of rotatable bonds is 3. The number of aromatic nitrogens is 2. The van der Waals surface area contributed by atoms with Gasteiger partial charge in [0.25, 0.3) is 5.91 Å². The van der Waals surface area contributed by atoms with Crippen molar-refractivity contribution in [3.05, 3.63) is 47.3 Å². The predicted molar refractivity (Wildman–Crippen MR) is 129 cm³/mol. The van der Waals surface area contributed by atoms with Gasteiger partial charge in [-0.3, -0.25) is 4.79 Å². The van der Waals surface area contributed by atoms with Crippen LogP contribution >= 0.6 is 0 Å². The van der Waals surface area contributed by atoms with Gasteiger partial charge in [-0.05, 0) is 78.7 Å². The first-order valence-corrected chi connectivity index (χ1v) is 12.5. The van der Waals surface area contributed by atoms with Crippen LogP contribution in [0.3, 0.4) is 0 Å². The summed E-state index contributed by atoms with van der Waals surface area (Å²) in [7, 11) is 0. The minimum atomic E-state index is 0.0253. The highest BCUT2D eigenvalue weighted by atomic mass is 16.2. The Labute approximate surface area is 193 Å². The third-order valence-corrected chi connectivity index (χ3v) is 9.26. The van der Waals surface area contributed by atoms with E-state index in [0.717, 1.165) is 24.9 Å². The summed E-state index contributed by atoms with van der Waals surface area (Å²) >= 11 is 0. The molecule has 1 heterocycles. The Morgan fingerprint density at radius 1 is 1.12 bits per heavy atom. The van der Waals surface area contributed by atoms with Gasteiger partial charge in [-0.1, -0.05) is 59.7 Å². The van der Waals surface area contributed by atoms with Crippen molar-refractivity contribution in [1.29, 1.82) is 0 Å². The minimum Gasteiger partial charge on any atom is -0.347 e. The van der Waals surface area contributed by atoms with Crippen molar-refractivity contribution >= 4 is 5.91 Å². The van der Waals surface area contributed by atoms with Crippen LogP contribution in [0.5, 0.6) is 0 Å². The SMILES string of the molecule is CC(C)(C)C1CCc2c(c(C(=O)NC3C4(C)CCC(C4)C3(C)C)nn2-c2ccccc2)C1. The number of fused-ring (bicyclic) bond motifs is 3. The highest BCUT2D eigenvalue weighted by Gasteiger charge is 2.59. The number of benzene rings is 1. The first kappa shape index (κ1) is 21.7. The molecule has 5 rings (SSSR count). The lowest BCUT2D eigenvalue weighted by molar-refractivity contribution is 0.0731. The Kier molecular flexibility index (Phi) is 4.89. The molecule has 0 radical (unpaired) electrons. The molecule has 0 saturated heterocycles. The highest BCUT2D eigenvalue weighted by Crippen LogP contribution is 2.62. The standard InChI is InChI=1S/C28H39N3O/c1-26(2,3)18-12-13-22-21(16-18)23(30-31(22)20-10-8-7-9-11-20)24(32)29-25-27(4,5)19-14-15-28(25,6)17-19/h7-11,18-19,25H,12-17H2,1-6H3,(H,29,32). The zero-order chi connectivity index (χ0) is 22.9. The van der Waals surface area contributed by atoms with Crippen LogP contribution in [0.1, 0.15) is 89.0 Å². The first-order valence-electron chi connectivity index (χ1n) is 12.5. The third-order valence-electron chi connectivity index (χ3n) is 9.26. The fourth-order valence-electron chi connectivity index (χ4n) is 7.18. The molecule has 2 aromatic rings. The maximum atomic E-state index is 13.8. The number of hydrogen-bond acceptors (Lipinski definition) is 2. The average Bonchev–Trinajstić information content (AvgIpc) is 3.37. The van der Waals surface area contributed by atoms with E-state index in [4.69, 9.17) is 5.10 Å². The highest BCUT2D eigenvalue weighted by molar-refractivity contribution is 5.94. The minimum absolute atomic E-state index is 0.0253. The quantitative estimate of drug-likeness (QED) is 0.648. The van der Waals surface area contributed by atoms with E-state index in [1.54, 1.807) is 0 Å². The van der Waals surface area contributed by atoms with Crippen LogP contribution < -0.4 is 5.32 Å². The van der Waals surface area contributed by atoms with Crippen LogP contribution in [-0.4, -0.2) is 21.7 Å². The van der Waals surface area contributed by atoms with E-state index in [2.05, 4.69) is 59.0 Å². The Morgan fingerprint density at radius 3 is 2.47 bits per heavy atom. The maximum Gasteiger partial charge on any atom is 0.272 e. The van der Waals surface area contributed by atoms with Crippen LogP contribution in [0.25, 0.3) is 5.69 Å². The molecule has 0 spiro atoms. The van der Waals surface area contributed by atoms with Crippen LogP contribution in [0.2, 0.25) is 0 Å². The average molecular weight is 434 g/mol. The maximum absolute atomic E-state index is 13.8. The molecule has 32 heavy (non-hydrogen) atoms. The normalized spacial score (nSPS) is 30.9. The van der Waals surface area contributed by atoms with Gasteiger partial charge in [0.05, 0.1) is 5.69 Å². The van der Waals surface area contributed by atoms with Crippen LogP contribution in [-0.2, 0) is 12.8 Å².